The quantitative estimate of drug-likeness (QED) is 0.559. The Hall–Kier alpha value is -2.46. The van der Waals surface area contributed by atoms with Crippen molar-refractivity contribution in [3.8, 4) is 17.2 Å². The first-order valence-electron chi connectivity index (χ1n) is 7.71. The number of carbonyl (C=O) groups is 2. The average molecular weight is 459 g/mol. The van der Waals surface area contributed by atoms with E-state index < -0.39 is 18.0 Å². The topological polar surface area (TPSA) is 106 Å². The van der Waals surface area contributed by atoms with E-state index in [2.05, 4.69) is 26.6 Å². The Balaban J connectivity index is 2.12. The van der Waals surface area contributed by atoms with E-state index in [1.165, 1.54) is 32.7 Å². The molecule has 0 spiro atoms. The average Bonchev–Trinajstić information content (AvgIpc) is 3.04. The monoisotopic (exact) mass is 458 g/mol. The lowest BCUT2D eigenvalue weighted by atomic mass is 10.1. The van der Waals surface area contributed by atoms with E-state index in [1.807, 2.05) is 11.4 Å². The second kappa shape index (κ2) is 9.47. The highest BCUT2D eigenvalue weighted by Crippen LogP contribution is 2.39. The van der Waals surface area contributed by atoms with Crippen LogP contribution in [0.3, 0.4) is 0 Å². The van der Waals surface area contributed by atoms with Gasteiger partial charge in [0.1, 0.15) is 6.04 Å². The fourth-order valence-electron chi connectivity index (χ4n) is 2.37. The van der Waals surface area contributed by atoms with Crippen LogP contribution in [0, 0.1) is 0 Å². The molecule has 10 heteroatoms. The highest BCUT2D eigenvalue weighted by Gasteiger charge is 2.22. The van der Waals surface area contributed by atoms with Crippen LogP contribution in [-0.2, 0) is 11.2 Å². The maximum Gasteiger partial charge on any atom is 0.326 e. The molecule has 1 atom stereocenters. The van der Waals surface area contributed by atoms with E-state index in [0.717, 1.165) is 9.35 Å². The van der Waals surface area contributed by atoms with Crippen LogP contribution >= 0.6 is 27.3 Å². The van der Waals surface area contributed by atoms with Crippen molar-refractivity contribution >= 4 is 45.0 Å². The van der Waals surface area contributed by atoms with Gasteiger partial charge in [-0.15, -0.1) is 11.3 Å². The van der Waals surface area contributed by atoms with Gasteiger partial charge >= 0.3 is 12.0 Å². The first-order chi connectivity index (χ1) is 12.9. The van der Waals surface area contributed by atoms with E-state index in [0.29, 0.717) is 22.9 Å². The number of benzene rings is 1. The molecule has 2 rings (SSSR count). The summed E-state index contributed by atoms with van der Waals surface area (Å²) in [7, 11) is 4.39. The number of carbonyl (C=O) groups excluding carboxylic acids is 1. The fraction of sp³-hybridized carbons (Fsp3) is 0.294. The highest BCUT2D eigenvalue weighted by molar-refractivity contribution is 9.11. The van der Waals surface area contributed by atoms with Gasteiger partial charge in [-0.25, -0.2) is 9.59 Å². The summed E-state index contributed by atoms with van der Waals surface area (Å²) in [5.41, 5.74) is 1.18. The van der Waals surface area contributed by atoms with Crippen molar-refractivity contribution in [1.29, 1.82) is 0 Å². The summed E-state index contributed by atoms with van der Waals surface area (Å²) >= 11 is 4.78. The van der Waals surface area contributed by atoms with Crippen molar-refractivity contribution in [3.63, 3.8) is 0 Å². The number of aliphatic carboxylic acids is 1. The molecule has 8 nitrogen and oxygen atoms in total. The fourth-order valence-corrected chi connectivity index (χ4v) is 3.59. The summed E-state index contributed by atoms with van der Waals surface area (Å²) < 4.78 is 16.6. The van der Waals surface area contributed by atoms with Crippen molar-refractivity contribution in [2.75, 3.05) is 26.6 Å². The van der Waals surface area contributed by atoms with Gasteiger partial charge in [-0.05, 0) is 32.9 Å². The molecule has 1 heterocycles. The number of halogens is 1. The van der Waals surface area contributed by atoms with Gasteiger partial charge in [0.2, 0.25) is 5.75 Å². The van der Waals surface area contributed by atoms with Crippen molar-refractivity contribution in [2.24, 2.45) is 0 Å². The van der Waals surface area contributed by atoms with Crippen molar-refractivity contribution in [3.05, 3.63) is 32.9 Å². The third-order valence-electron chi connectivity index (χ3n) is 3.59. The minimum Gasteiger partial charge on any atom is -0.493 e. The summed E-state index contributed by atoms with van der Waals surface area (Å²) in [6, 6.07) is 3.18. The lowest BCUT2D eigenvalue weighted by molar-refractivity contribution is -0.139. The molecule has 146 valence electrons. The highest BCUT2D eigenvalue weighted by atomic mass is 79.9. The number of hydrogen-bond donors (Lipinski definition) is 3. The Morgan fingerprint density at radius 3 is 2.22 bits per heavy atom. The second-order valence-corrected chi connectivity index (χ2v) is 7.66. The maximum atomic E-state index is 12.3. The molecule has 2 amide bonds. The SMILES string of the molecule is COc1cc(NC(=O)NC(Cc2csc(Br)c2)C(=O)O)cc(OC)c1OC. The number of urea groups is 1. The Morgan fingerprint density at radius 2 is 1.78 bits per heavy atom. The number of methoxy groups -OCH3 is 3. The molecular weight excluding hydrogens is 440 g/mol. The molecule has 1 unspecified atom stereocenters. The Bertz CT molecular complexity index is 801. The Labute approximate surface area is 168 Å². The van der Waals surface area contributed by atoms with Crippen LogP contribution in [-0.4, -0.2) is 44.5 Å². The van der Waals surface area contributed by atoms with Gasteiger partial charge in [-0.1, -0.05) is 0 Å². The lowest BCUT2D eigenvalue weighted by Crippen LogP contribution is -2.44. The molecule has 0 aliphatic carbocycles. The number of anilines is 1. The first kappa shape index (κ1) is 20.8. The molecule has 27 heavy (non-hydrogen) atoms. The molecule has 1 aromatic heterocycles. The third-order valence-corrected chi connectivity index (χ3v) is 5.14. The van der Waals surface area contributed by atoms with Gasteiger partial charge in [0.25, 0.3) is 0 Å². The summed E-state index contributed by atoms with van der Waals surface area (Å²) in [6.07, 6.45) is 0.167. The molecule has 0 saturated carbocycles. The molecule has 0 bridgehead atoms. The summed E-state index contributed by atoms with van der Waals surface area (Å²) in [4.78, 5) is 23.7. The summed E-state index contributed by atoms with van der Waals surface area (Å²) in [6.45, 7) is 0. The molecule has 0 saturated heterocycles. The Kier molecular flexibility index (Phi) is 7.31. The molecule has 0 radical (unpaired) electrons. The number of carboxylic acid groups (broad SMARTS) is 1. The number of hydrogen-bond acceptors (Lipinski definition) is 6. The van der Waals surface area contributed by atoms with Gasteiger partial charge in [-0.2, -0.15) is 0 Å². The number of ether oxygens (including phenoxy) is 3. The standard InChI is InChI=1S/C17H19BrN2O6S/c1-24-12-6-10(7-13(25-2)15(12)26-3)19-17(23)20-11(16(21)22)4-9-5-14(18)27-8-9/h5-8,11H,4H2,1-3H3,(H,21,22)(H2,19,20,23). The van der Waals surface area contributed by atoms with E-state index in [-0.39, 0.29) is 6.42 Å². The van der Waals surface area contributed by atoms with Gasteiger partial charge in [0.05, 0.1) is 30.8 Å². The molecule has 2 aromatic rings. The largest absolute Gasteiger partial charge is 0.493 e. The van der Waals surface area contributed by atoms with Crippen molar-refractivity contribution in [1.82, 2.24) is 5.32 Å². The van der Waals surface area contributed by atoms with Gasteiger partial charge in [-0.3, -0.25) is 0 Å². The van der Waals surface area contributed by atoms with Crippen LogP contribution in [0.5, 0.6) is 17.2 Å². The van der Waals surface area contributed by atoms with E-state index in [4.69, 9.17) is 14.2 Å². The summed E-state index contributed by atoms with van der Waals surface area (Å²) in [5, 5.41) is 16.3. The molecule has 0 aliphatic rings. The first-order valence-corrected chi connectivity index (χ1v) is 9.38. The van der Waals surface area contributed by atoms with Gasteiger partial charge in [0.15, 0.2) is 11.5 Å². The number of rotatable bonds is 8. The summed E-state index contributed by atoms with van der Waals surface area (Å²) in [5.74, 6) is -0.00937. The van der Waals surface area contributed by atoms with E-state index in [9.17, 15) is 14.7 Å². The number of nitrogens with one attached hydrogen (secondary N) is 2. The van der Waals surface area contributed by atoms with Crippen LogP contribution < -0.4 is 24.8 Å². The molecule has 0 aliphatic heterocycles. The minimum absolute atomic E-state index is 0.167. The zero-order chi connectivity index (χ0) is 20.0. The molecular formula is C17H19BrN2O6S. The van der Waals surface area contributed by atoms with Crippen LogP contribution in [0.1, 0.15) is 5.56 Å². The number of thiophene rings is 1. The zero-order valence-electron chi connectivity index (χ0n) is 14.9. The zero-order valence-corrected chi connectivity index (χ0v) is 17.3. The van der Waals surface area contributed by atoms with E-state index >= 15 is 0 Å². The van der Waals surface area contributed by atoms with Gasteiger partial charge in [0, 0.05) is 18.6 Å². The van der Waals surface area contributed by atoms with Gasteiger partial charge < -0.3 is 30.0 Å². The minimum atomic E-state index is -1.13. The molecule has 3 N–H and O–H groups in total. The van der Waals surface area contributed by atoms with E-state index in [1.54, 1.807) is 12.1 Å². The maximum absolute atomic E-state index is 12.3. The predicted octanol–water partition coefficient (Wildman–Crippen LogP) is 3.35. The van der Waals surface area contributed by atoms with Crippen LogP contribution in [0.2, 0.25) is 0 Å². The van der Waals surface area contributed by atoms with Crippen LogP contribution in [0.15, 0.2) is 27.4 Å². The van der Waals surface area contributed by atoms with Crippen molar-refractivity contribution in [2.45, 2.75) is 12.5 Å². The number of amides is 2. The predicted molar refractivity (Wildman–Crippen MR) is 105 cm³/mol. The third kappa shape index (κ3) is 5.51. The molecule has 0 fully saturated rings. The second-order valence-electron chi connectivity index (χ2n) is 5.37. The smallest absolute Gasteiger partial charge is 0.326 e. The van der Waals surface area contributed by atoms with Crippen LogP contribution in [0.4, 0.5) is 10.5 Å². The molecule has 1 aromatic carbocycles. The van der Waals surface area contributed by atoms with Crippen molar-refractivity contribution < 1.29 is 28.9 Å². The lowest BCUT2D eigenvalue weighted by Gasteiger charge is -2.17. The Morgan fingerprint density at radius 1 is 1.15 bits per heavy atom. The van der Waals surface area contributed by atoms with Crippen LogP contribution in [0.25, 0.3) is 0 Å². The number of carboxylic acids is 1. The normalized spacial score (nSPS) is 11.4.